The van der Waals surface area contributed by atoms with Crippen LogP contribution in [0.2, 0.25) is 0 Å². The van der Waals surface area contributed by atoms with Gasteiger partial charge in [0.15, 0.2) is 11.6 Å². The number of hydrogen-bond acceptors (Lipinski definition) is 3. The standard InChI is InChI=1S/C18H21F2N3/c1-2-22-5-7-23(8-6-22)13-14-9-16(12-21-11-14)15-3-4-17(19)18(20)10-15/h3-4,9-12H,2,5-8,13H2,1H3. The van der Waals surface area contributed by atoms with Gasteiger partial charge in [-0.15, -0.1) is 0 Å². The fourth-order valence-electron chi connectivity index (χ4n) is 2.93. The van der Waals surface area contributed by atoms with Crippen LogP contribution in [0, 0.1) is 11.6 Å². The molecule has 0 bridgehead atoms. The highest BCUT2D eigenvalue weighted by Crippen LogP contribution is 2.22. The molecule has 1 aliphatic heterocycles. The first kappa shape index (κ1) is 16.0. The highest BCUT2D eigenvalue weighted by Gasteiger charge is 2.15. The molecule has 1 fully saturated rings. The largest absolute Gasteiger partial charge is 0.301 e. The Balaban J connectivity index is 1.71. The van der Waals surface area contributed by atoms with Gasteiger partial charge in [-0.2, -0.15) is 0 Å². The molecular weight excluding hydrogens is 296 g/mol. The number of nitrogens with zero attached hydrogens (tertiary/aromatic N) is 3. The number of piperazine rings is 1. The van der Waals surface area contributed by atoms with E-state index in [1.807, 2.05) is 12.3 Å². The second-order valence-corrected chi connectivity index (χ2v) is 5.92. The lowest BCUT2D eigenvalue weighted by Crippen LogP contribution is -2.45. The molecule has 122 valence electrons. The van der Waals surface area contributed by atoms with Crippen molar-refractivity contribution in [2.75, 3.05) is 32.7 Å². The van der Waals surface area contributed by atoms with Gasteiger partial charge in [0.1, 0.15) is 0 Å². The molecule has 1 aromatic heterocycles. The van der Waals surface area contributed by atoms with Crippen LogP contribution in [0.1, 0.15) is 12.5 Å². The van der Waals surface area contributed by atoms with Crippen molar-refractivity contribution in [2.45, 2.75) is 13.5 Å². The molecule has 3 rings (SSSR count). The molecule has 0 unspecified atom stereocenters. The van der Waals surface area contributed by atoms with E-state index in [0.29, 0.717) is 5.56 Å². The van der Waals surface area contributed by atoms with Crippen LogP contribution in [-0.2, 0) is 6.54 Å². The van der Waals surface area contributed by atoms with E-state index in [4.69, 9.17) is 0 Å². The summed E-state index contributed by atoms with van der Waals surface area (Å²) < 4.78 is 26.5. The van der Waals surface area contributed by atoms with Crippen LogP contribution in [-0.4, -0.2) is 47.5 Å². The summed E-state index contributed by atoms with van der Waals surface area (Å²) in [7, 11) is 0. The second-order valence-electron chi connectivity index (χ2n) is 5.92. The van der Waals surface area contributed by atoms with Crippen molar-refractivity contribution in [3.8, 4) is 11.1 Å². The summed E-state index contributed by atoms with van der Waals surface area (Å²) in [5, 5.41) is 0. The van der Waals surface area contributed by atoms with Crippen molar-refractivity contribution in [1.82, 2.24) is 14.8 Å². The average Bonchev–Trinajstić information content (AvgIpc) is 2.58. The lowest BCUT2D eigenvalue weighted by molar-refractivity contribution is 0.132. The van der Waals surface area contributed by atoms with E-state index in [-0.39, 0.29) is 0 Å². The van der Waals surface area contributed by atoms with Crippen molar-refractivity contribution in [3.05, 3.63) is 53.9 Å². The van der Waals surface area contributed by atoms with E-state index in [1.54, 1.807) is 12.3 Å². The fourth-order valence-corrected chi connectivity index (χ4v) is 2.93. The first-order valence-corrected chi connectivity index (χ1v) is 8.00. The third-order valence-corrected chi connectivity index (χ3v) is 4.37. The molecule has 5 heteroatoms. The first-order valence-electron chi connectivity index (χ1n) is 8.00. The third kappa shape index (κ3) is 3.92. The van der Waals surface area contributed by atoms with Crippen molar-refractivity contribution in [3.63, 3.8) is 0 Å². The molecule has 0 aliphatic carbocycles. The predicted molar refractivity (Wildman–Crippen MR) is 87.0 cm³/mol. The molecule has 0 N–H and O–H groups in total. The lowest BCUT2D eigenvalue weighted by atomic mass is 10.1. The Kier molecular flexibility index (Phi) is 4.98. The third-order valence-electron chi connectivity index (χ3n) is 4.37. The summed E-state index contributed by atoms with van der Waals surface area (Å²) >= 11 is 0. The first-order chi connectivity index (χ1) is 11.2. The van der Waals surface area contributed by atoms with Crippen LogP contribution in [0.5, 0.6) is 0 Å². The van der Waals surface area contributed by atoms with Gasteiger partial charge in [-0.25, -0.2) is 8.78 Å². The smallest absolute Gasteiger partial charge is 0.159 e. The Bertz CT molecular complexity index is 667. The predicted octanol–water partition coefficient (Wildman–Crippen LogP) is 3.16. The van der Waals surface area contributed by atoms with Crippen LogP contribution in [0.4, 0.5) is 8.78 Å². The lowest BCUT2D eigenvalue weighted by Gasteiger charge is -2.34. The highest BCUT2D eigenvalue weighted by atomic mass is 19.2. The van der Waals surface area contributed by atoms with Gasteiger partial charge in [0, 0.05) is 50.7 Å². The Labute approximate surface area is 135 Å². The molecule has 2 heterocycles. The SMILES string of the molecule is CCN1CCN(Cc2cncc(-c3ccc(F)c(F)c3)c2)CC1. The Morgan fingerprint density at radius 1 is 0.913 bits per heavy atom. The Morgan fingerprint density at radius 2 is 1.65 bits per heavy atom. The number of hydrogen-bond donors (Lipinski definition) is 0. The van der Waals surface area contributed by atoms with Gasteiger partial charge in [-0.05, 0) is 35.9 Å². The van der Waals surface area contributed by atoms with Crippen molar-refractivity contribution in [1.29, 1.82) is 0 Å². The summed E-state index contributed by atoms with van der Waals surface area (Å²) in [6.07, 6.45) is 3.53. The van der Waals surface area contributed by atoms with Crippen molar-refractivity contribution < 1.29 is 8.78 Å². The summed E-state index contributed by atoms with van der Waals surface area (Å²) in [5.74, 6) is -1.66. The zero-order chi connectivity index (χ0) is 16.2. The number of aromatic nitrogens is 1. The zero-order valence-corrected chi connectivity index (χ0v) is 13.3. The number of pyridine rings is 1. The summed E-state index contributed by atoms with van der Waals surface area (Å²) in [5.41, 5.74) is 2.56. The molecule has 2 aromatic rings. The van der Waals surface area contributed by atoms with Crippen LogP contribution in [0.15, 0.2) is 36.7 Å². The molecule has 0 amide bonds. The van der Waals surface area contributed by atoms with Gasteiger partial charge in [0.2, 0.25) is 0 Å². The molecule has 1 aromatic carbocycles. The minimum Gasteiger partial charge on any atom is -0.301 e. The summed E-state index contributed by atoms with van der Waals surface area (Å²) in [6, 6.07) is 5.96. The van der Waals surface area contributed by atoms with Crippen LogP contribution in [0.25, 0.3) is 11.1 Å². The summed E-state index contributed by atoms with van der Waals surface area (Å²) in [6.45, 7) is 8.39. The maximum Gasteiger partial charge on any atom is 0.159 e. The van der Waals surface area contributed by atoms with E-state index in [0.717, 1.165) is 56.5 Å². The fraction of sp³-hybridized carbons (Fsp3) is 0.389. The average molecular weight is 317 g/mol. The molecule has 0 saturated carbocycles. The van der Waals surface area contributed by atoms with E-state index >= 15 is 0 Å². The van der Waals surface area contributed by atoms with E-state index in [1.165, 1.54) is 6.07 Å². The van der Waals surface area contributed by atoms with Gasteiger partial charge in [0.25, 0.3) is 0 Å². The Hall–Kier alpha value is -1.85. The molecule has 3 nitrogen and oxygen atoms in total. The van der Waals surface area contributed by atoms with Gasteiger partial charge in [-0.1, -0.05) is 13.0 Å². The Morgan fingerprint density at radius 3 is 2.35 bits per heavy atom. The number of halogens is 2. The van der Waals surface area contributed by atoms with Gasteiger partial charge < -0.3 is 4.90 Å². The number of benzene rings is 1. The van der Waals surface area contributed by atoms with Crippen LogP contribution >= 0.6 is 0 Å². The molecule has 23 heavy (non-hydrogen) atoms. The van der Waals surface area contributed by atoms with E-state index in [9.17, 15) is 8.78 Å². The normalized spacial score (nSPS) is 16.7. The van der Waals surface area contributed by atoms with E-state index < -0.39 is 11.6 Å². The molecular formula is C18H21F2N3. The number of rotatable bonds is 4. The van der Waals surface area contributed by atoms with Gasteiger partial charge in [0.05, 0.1) is 0 Å². The van der Waals surface area contributed by atoms with Crippen molar-refractivity contribution in [2.24, 2.45) is 0 Å². The highest BCUT2D eigenvalue weighted by molar-refractivity contribution is 5.63. The van der Waals surface area contributed by atoms with E-state index in [2.05, 4.69) is 21.7 Å². The maximum atomic E-state index is 13.4. The molecule has 1 aliphatic rings. The monoisotopic (exact) mass is 317 g/mol. The topological polar surface area (TPSA) is 19.4 Å². The van der Waals surface area contributed by atoms with Gasteiger partial charge in [-0.3, -0.25) is 9.88 Å². The summed E-state index contributed by atoms with van der Waals surface area (Å²) in [4.78, 5) is 9.09. The quantitative estimate of drug-likeness (QED) is 0.863. The zero-order valence-electron chi connectivity index (χ0n) is 13.3. The minimum absolute atomic E-state index is 0.647. The van der Waals surface area contributed by atoms with Crippen molar-refractivity contribution >= 4 is 0 Å². The van der Waals surface area contributed by atoms with Crippen LogP contribution < -0.4 is 0 Å². The maximum absolute atomic E-state index is 13.4. The molecule has 1 saturated heterocycles. The number of likely N-dealkylation sites (N-methyl/N-ethyl adjacent to an activating group) is 1. The van der Waals surface area contributed by atoms with Gasteiger partial charge >= 0.3 is 0 Å². The molecule has 0 radical (unpaired) electrons. The molecule has 0 atom stereocenters. The van der Waals surface area contributed by atoms with Crippen LogP contribution in [0.3, 0.4) is 0 Å². The minimum atomic E-state index is -0.830. The second kappa shape index (κ2) is 7.15. The molecule has 0 spiro atoms.